The molecule has 0 aliphatic carbocycles. The fourth-order valence-electron chi connectivity index (χ4n) is 4.14. The van der Waals surface area contributed by atoms with Gasteiger partial charge in [-0.15, -0.1) is 0 Å². The van der Waals surface area contributed by atoms with Crippen molar-refractivity contribution in [3.63, 3.8) is 0 Å². The number of aliphatic hydroxyl groups is 1. The molecule has 1 saturated heterocycles. The lowest BCUT2D eigenvalue weighted by Gasteiger charge is -2.27. The third-order valence-electron chi connectivity index (χ3n) is 6.39. The summed E-state index contributed by atoms with van der Waals surface area (Å²) in [5.74, 6) is -14.2. The Labute approximate surface area is 237 Å². The summed E-state index contributed by atoms with van der Waals surface area (Å²) in [6.07, 6.45) is 12.0. The number of allylic oxidation sites excluding steroid dienone is 5. The van der Waals surface area contributed by atoms with Crippen LogP contribution in [0, 0.1) is 11.8 Å². The fraction of sp³-hybridized carbons (Fsp3) is 0.571. The highest BCUT2D eigenvalue weighted by Crippen LogP contribution is 2.35. The van der Waals surface area contributed by atoms with Gasteiger partial charge in [-0.3, -0.25) is 19.2 Å². The summed E-state index contributed by atoms with van der Waals surface area (Å²) < 4.78 is 9.69. The van der Waals surface area contributed by atoms with E-state index in [1.54, 1.807) is 6.08 Å². The lowest BCUT2D eigenvalue weighted by atomic mass is 9.82. The predicted octanol–water partition coefficient (Wildman–Crippen LogP) is 2.71. The van der Waals surface area contributed by atoms with E-state index in [1.807, 2.05) is 12.2 Å². The molecule has 0 aromatic heterocycles. The number of aliphatic carboxylic acids is 4. The van der Waals surface area contributed by atoms with E-state index in [0.717, 1.165) is 12.8 Å². The highest BCUT2D eigenvalue weighted by Gasteiger charge is 2.55. The van der Waals surface area contributed by atoms with Crippen molar-refractivity contribution in [2.75, 3.05) is 0 Å². The smallest absolute Gasteiger partial charge is 0.345 e. The number of hydrogen-bond donors (Lipinski definition) is 5. The third-order valence-corrected chi connectivity index (χ3v) is 6.39. The lowest BCUT2D eigenvalue weighted by molar-refractivity contribution is -0.184. The largest absolute Gasteiger partial charge is 0.481 e. The molecule has 0 saturated carbocycles. The Balaban J connectivity index is 2.74. The second-order valence-corrected chi connectivity index (χ2v) is 9.64. The molecule has 0 spiro atoms. The zero-order chi connectivity index (χ0) is 31.0. The average molecular weight is 583 g/mol. The van der Waals surface area contributed by atoms with Crippen molar-refractivity contribution in [3.8, 4) is 0 Å². The van der Waals surface area contributed by atoms with E-state index < -0.39 is 78.3 Å². The molecule has 13 heteroatoms. The molecule has 1 heterocycles. The predicted molar refractivity (Wildman–Crippen MR) is 141 cm³/mol. The summed E-state index contributed by atoms with van der Waals surface area (Å²) in [4.78, 5) is 70.4. The van der Waals surface area contributed by atoms with Gasteiger partial charge in [-0.1, -0.05) is 50.1 Å². The van der Waals surface area contributed by atoms with Crippen molar-refractivity contribution in [1.29, 1.82) is 0 Å². The minimum atomic E-state index is -3.06. The number of carbonyl (C=O) groups excluding carboxylic acids is 2. The van der Waals surface area contributed by atoms with Gasteiger partial charge in [-0.25, -0.2) is 9.59 Å². The summed E-state index contributed by atoms with van der Waals surface area (Å²) >= 11 is 0. The van der Waals surface area contributed by atoms with E-state index >= 15 is 0 Å². The van der Waals surface area contributed by atoms with Crippen LogP contribution >= 0.6 is 0 Å². The molecule has 0 radical (unpaired) electrons. The maximum absolute atomic E-state index is 12.4. The summed E-state index contributed by atoms with van der Waals surface area (Å²) in [6, 6.07) is 0. The standard InChI is InChI=1S/C28H38O13/c1-2-3-4-5-6-7-8-9-10-11-12-13-14-18-15-20(26(36)40-18)28(39,27(37)38)17-22(31)41-23(25(34)35)19(24(32)33)16-21(29)30/h6-7,9-10,13-14,18-20,23,39H,2-5,8,11-12,15-17H2,1H3,(H,29,30)(H,32,33)(H,34,35)(H,37,38)/b7-6-,10-9-,14-13+/t18-,19+,20-,23+,28+/m0/s1. The number of rotatable bonds is 20. The number of unbranched alkanes of at least 4 members (excludes halogenated alkanes) is 4. The van der Waals surface area contributed by atoms with Gasteiger partial charge >= 0.3 is 35.8 Å². The molecule has 41 heavy (non-hydrogen) atoms. The Morgan fingerprint density at radius 1 is 0.951 bits per heavy atom. The van der Waals surface area contributed by atoms with E-state index in [0.29, 0.717) is 12.8 Å². The Hall–Kier alpha value is -4.00. The van der Waals surface area contributed by atoms with Crippen LogP contribution < -0.4 is 0 Å². The summed E-state index contributed by atoms with van der Waals surface area (Å²) in [6.45, 7) is 2.15. The van der Waals surface area contributed by atoms with Crippen molar-refractivity contribution in [1.82, 2.24) is 0 Å². The zero-order valence-electron chi connectivity index (χ0n) is 22.8. The van der Waals surface area contributed by atoms with Gasteiger partial charge in [0.25, 0.3) is 0 Å². The minimum absolute atomic E-state index is 0.302. The monoisotopic (exact) mass is 582 g/mol. The Morgan fingerprint density at radius 3 is 2.15 bits per heavy atom. The van der Waals surface area contributed by atoms with Crippen LogP contribution in [0.25, 0.3) is 0 Å². The van der Waals surface area contributed by atoms with Crippen LogP contribution in [0.15, 0.2) is 36.5 Å². The molecule has 0 aromatic rings. The van der Waals surface area contributed by atoms with Gasteiger partial charge in [0.1, 0.15) is 17.9 Å². The lowest BCUT2D eigenvalue weighted by Crippen LogP contribution is -2.50. The fourth-order valence-corrected chi connectivity index (χ4v) is 4.14. The molecule has 228 valence electrons. The highest BCUT2D eigenvalue weighted by molar-refractivity contribution is 5.92. The highest BCUT2D eigenvalue weighted by atomic mass is 16.6. The molecule has 1 aliphatic rings. The van der Waals surface area contributed by atoms with Gasteiger partial charge in [-0.05, 0) is 38.2 Å². The molecule has 5 N–H and O–H groups in total. The van der Waals surface area contributed by atoms with Gasteiger partial charge in [0.05, 0.1) is 12.8 Å². The Bertz CT molecular complexity index is 1030. The van der Waals surface area contributed by atoms with E-state index in [2.05, 4.69) is 23.8 Å². The normalized spacial score (nSPS) is 20.1. The molecule has 0 unspecified atom stereocenters. The van der Waals surface area contributed by atoms with Crippen molar-refractivity contribution >= 4 is 35.8 Å². The number of carbonyl (C=O) groups is 6. The molecule has 1 aliphatic heterocycles. The number of cyclic esters (lactones) is 1. The van der Waals surface area contributed by atoms with Crippen molar-refractivity contribution < 1.29 is 63.8 Å². The zero-order valence-corrected chi connectivity index (χ0v) is 22.8. The van der Waals surface area contributed by atoms with Gasteiger partial charge in [0.15, 0.2) is 5.60 Å². The topological polar surface area (TPSA) is 222 Å². The van der Waals surface area contributed by atoms with Crippen LogP contribution in [0.2, 0.25) is 0 Å². The molecular weight excluding hydrogens is 544 g/mol. The Kier molecular flexibility index (Phi) is 15.1. The van der Waals surface area contributed by atoms with Gasteiger partial charge in [0, 0.05) is 6.42 Å². The van der Waals surface area contributed by atoms with Crippen molar-refractivity contribution in [2.45, 2.75) is 88.9 Å². The quantitative estimate of drug-likeness (QED) is 0.0792. The minimum Gasteiger partial charge on any atom is -0.481 e. The second-order valence-electron chi connectivity index (χ2n) is 9.64. The first-order valence-corrected chi connectivity index (χ1v) is 13.3. The molecule has 0 aromatic carbocycles. The third kappa shape index (κ3) is 12.0. The van der Waals surface area contributed by atoms with Crippen molar-refractivity contribution in [3.05, 3.63) is 36.5 Å². The van der Waals surface area contributed by atoms with Crippen LogP contribution in [-0.4, -0.2) is 79.2 Å². The first-order valence-electron chi connectivity index (χ1n) is 13.3. The van der Waals surface area contributed by atoms with Crippen LogP contribution in [0.3, 0.4) is 0 Å². The second kappa shape index (κ2) is 17.6. The number of ether oxygens (including phenoxy) is 2. The van der Waals surface area contributed by atoms with Crippen LogP contribution in [-0.2, 0) is 38.2 Å². The molecular formula is C28H38O13. The van der Waals surface area contributed by atoms with Crippen molar-refractivity contribution in [2.24, 2.45) is 11.8 Å². The molecule has 1 fully saturated rings. The van der Waals surface area contributed by atoms with E-state index in [4.69, 9.17) is 14.9 Å². The van der Waals surface area contributed by atoms with E-state index in [9.17, 15) is 44.1 Å². The number of esters is 2. The van der Waals surface area contributed by atoms with Crippen LogP contribution in [0.5, 0.6) is 0 Å². The van der Waals surface area contributed by atoms with E-state index in [1.165, 1.54) is 25.3 Å². The van der Waals surface area contributed by atoms with Crippen LogP contribution in [0.4, 0.5) is 0 Å². The summed E-state index contributed by atoms with van der Waals surface area (Å²) in [5, 5.41) is 47.6. The number of hydrogen-bond acceptors (Lipinski definition) is 9. The van der Waals surface area contributed by atoms with Crippen LogP contribution in [0.1, 0.15) is 71.1 Å². The SMILES string of the molecule is CCCCC/C=C\C/C=C\CC/C=C/[C@H]1C[C@H]([C@](O)(CC(=O)O[C@@H](C(=O)O)[C@@H](CC(=O)O)C(=O)O)C(=O)O)C(=O)O1. The maximum Gasteiger partial charge on any atom is 0.345 e. The maximum atomic E-state index is 12.4. The number of carboxylic acids is 4. The summed E-state index contributed by atoms with van der Waals surface area (Å²) in [5.41, 5.74) is -3.06. The summed E-state index contributed by atoms with van der Waals surface area (Å²) in [7, 11) is 0. The molecule has 1 rings (SSSR count). The molecule has 0 amide bonds. The first-order chi connectivity index (χ1) is 19.3. The van der Waals surface area contributed by atoms with E-state index in [-0.39, 0.29) is 6.42 Å². The number of carboxylic acid groups (broad SMARTS) is 4. The molecule has 13 nitrogen and oxygen atoms in total. The first kappa shape index (κ1) is 35.0. The molecule has 0 bridgehead atoms. The van der Waals surface area contributed by atoms with Gasteiger partial charge < -0.3 is 35.0 Å². The van der Waals surface area contributed by atoms with Gasteiger partial charge in [-0.2, -0.15) is 0 Å². The van der Waals surface area contributed by atoms with Gasteiger partial charge in [0.2, 0.25) is 6.10 Å². The molecule has 5 atom stereocenters. The average Bonchev–Trinajstić information content (AvgIpc) is 3.26. The Morgan fingerprint density at radius 2 is 1.59 bits per heavy atom.